The lowest BCUT2D eigenvalue weighted by Crippen LogP contribution is -2.03. The summed E-state index contributed by atoms with van der Waals surface area (Å²) in [4.78, 5) is 3.69. The molecule has 5 heteroatoms. The Morgan fingerprint density at radius 2 is 2.17 bits per heavy atom. The van der Waals surface area contributed by atoms with Gasteiger partial charge >= 0.3 is 6.61 Å². The second-order valence-corrected chi connectivity index (χ2v) is 2.98. The first kappa shape index (κ1) is 9.38. The van der Waals surface area contributed by atoms with Crippen molar-refractivity contribution in [1.82, 2.24) is 4.98 Å². The van der Waals surface area contributed by atoms with E-state index in [2.05, 4.69) is 25.7 Å². The predicted molar refractivity (Wildman–Crippen MR) is 43.3 cm³/mol. The summed E-state index contributed by atoms with van der Waals surface area (Å²) in [5.41, 5.74) is 0.616. The zero-order valence-electron chi connectivity index (χ0n) is 6.22. The van der Waals surface area contributed by atoms with Gasteiger partial charge in [0, 0.05) is 16.2 Å². The van der Waals surface area contributed by atoms with Crippen molar-refractivity contribution in [1.29, 1.82) is 0 Å². The molecule has 0 spiro atoms. The van der Waals surface area contributed by atoms with E-state index in [1.54, 1.807) is 6.92 Å². The first-order valence-electron chi connectivity index (χ1n) is 3.16. The van der Waals surface area contributed by atoms with Crippen molar-refractivity contribution in [2.24, 2.45) is 0 Å². The van der Waals surface area contributed by atoms with Gasteiger partial charge in [-0.05, 0) is 22.9 Å². The first-order chi connectivity index (χ1) is 5.61. The van der Waals surface area contributed by atoms with Gasteiger partial charge in [0.25, 0.3) is 0 Å². The molecule has 0 N–H and O–H groups in total. The molecule has 66 valence electrons. The number of halogens is 3. The molecular formula is C7H6BrF2NO. The van der Waals surface area contributed by atoms with Crippen molar-refractivity contribution in [3.8, 4) is 5.75 Å². The van der Waals surface area contributed by atoms with Crippen LogP contribution < -0.4 is 4.74 Å². The molecule has 0 saturated carbocycles. The Kier molecular flexibility index (Phi) is 2.97. The van der Waals surface area contributed by atoms with Crippen molar-refractivity contribution in [3.05, 3.63) is 22.4 Å². The van der Waals surface area contributed by atoms with Gasteiger partial charge in [0.05, 0.1) is 6.20 Å². The second kappa shape index (κ2) is 3.80. The fourth-order valence-corrected chi connectivity index (χ4v) is 1.01. The zero-order chi connectivity index (χ0) is 9.14. The first-order valence-corrected chi connectivity index (χ1v) is 3.95. The standard InChI is InChI=1S/C7H6BrF2NO/c1-4-5(8)2-11-3-6(4)12-7(9)10/h2-3,7H,1H3. The quantitative estimate of drug-likeness (QED) is 0.790. The minimum Gasteiger partial charge on any atom is -0.433 e. The van der Waals surface area contributed by atoms with Crippen molar-refractivity contribution in [2.45, 2.75) is 13.5 Å². The summed E-state index contributed by atoms with van der Waals surface area (Å²) < 4.78 is 28.4. The highest BCUT2D eigenvalue weighted by Gasteiger charge is 2.08. The number of alkyl halides is 2. The minimum atomic E-state index is -2.81. The van der Waals surface area contributed by atoms with Gasteiger partial charge in [-0.2, -0.15) is 8.78 Å². The summed E-state index contributed by atoms with van der Waals surface area (Å²) in [6.07, 6.45) is 2.78. The maximum absolute atomic E-state index is 11.8. The van der Waals surface area contributed by atoms with E-state index in [9.17, 15) is 8.78 Å². The molecule has 0 fully saturated rings. The Balaban J connectivity index is 2.92. The van der Waals surface area contributed by atoms with Gasteiger partial charge in [-0.25, -0.2) is 0 Å². The minimum absolute atomic E-state index is 0.0966. The van der Waals surface area contributed by atoms with E-state index < -0.39 is 6.61 Å². The van der Waals surface area contributed by atoms with E-state index in [-0.39, 0.29) is 5.75 Å². The second-order valence-electron chi connectivity index (χ2n) is 2.12. The molecule has 1 rings (SSSR count). The van der Waals surface area contributed by atoms with Crippen LogP contribution in [0.25, 0.3) is 0 Å². The highest BCUT2D eigenvalue weighted by Crippen LogP contribution is 2.25. The van der Waals surface area contributed by atoms with Gasteiger partial charge < -0.3 is 4.74 Å². The van der Waals surface area contributed by atoms with Crippen LogP contribution in [-0.2, 0) is 0 Å². The van der Waals surface area contributed by atoms with Crippen LogP contribution in [0.3, 0.4) is 0 Å². The third-order valence-corrected chi connectivity index (χ3v) is 2.12. The molecule has 1 aromatic heterocycles. The average molecular weight is 238 g/mol. The number of pyridine rings is 1. The summed E-state index contributed by atoms with van der Waals surface area (Å²) >= 11 is 3.15. The molecule has 1 heterocycles. The lowest BCUT2D eigenvalue weighted by atomic mass is 10.3. The fourth-order valence-electron chi connectivity index (χ4n) is 0.697. The van der Waals surface area contributed by atoms with Gasteiger partial charge in [0.1, 0.15) is 5.75 Å². The summed E-state index contributed by atoms with van der Waals surface area (Å²) in [7, 11) is 0. The van der Waals surface area contributed by atoms with Crippen LogP contribution in [0.2, 0.25) is 0 Å². The molecule has 1 aromatic rings. The molecule has 0 unspecified atom stereocenters. The van der Waals surface area contributed by atoms with Gasteiger partial charge in [-0.15, -0.1) is 0 Å². The molecule has 12 heavy (non-hydrogen) atoms. The normalized spacial score (nSPS) is 10.4. The lowest BCUT2D eigenvalue weighted by molar-refractivity contribution is -0.0505. The van der Waals surface area contributed by atoms with E-state index in [1.807, 2.05) is 0 Å². The summed E-state index contributed by atoms with van der Waals surface area (Å²) in [6, 6.07) is 0. The highest BCUT2D eigenvalue weighted by molar-refractivity contribution is 9.10. The predicted octanol–water partition coefficient (Wildman–Crippen LogP) is 2.75. The molecule has 0 radical (unpaired) electrons. The lowest BCUT2D eigenvalue weighted by Gasteiger charge is -2.07. The smallest absolute Gasteiger partial charge is 0.387 e. The van der Waals surface area contributed by atoms with Crippen LogP contribution >= 0.6 is 15.9 Å². The average Bonchev–Trinajstić information content (AvgIpc) is 1.98. The molecular weight excluding hydrogens is 232 g/mol. The number of hydrogen-bond acceptors (Lipinski definition) is 2. The van der Waals surface area contributed by atoms with Crippen LogP contribution in [0.1, 0.15) is 5.56 Å². The maximum atomic E-state index is 11.8. The Morgan fingerprint density at radius 1 is 1.50 bits per heavy atom. The molecule has 0 saturated heterocycles. The monoisotopic (exact) mass is 237 g/mol. The summed E-state index contributed by atoms with van der Waals surface area (Å²) in [5, 5.41) is 0. The van der Waals surface area contributed by atoms with Gasteiger partial charge in [0.15, 0.2) is 0 Å². The third kappa shape index (κ3) is 2.14. The molecule has 0 aliphatic heterocycles. The molecule has 2 nitrogen and oxygen atoms in total. The molecule has 0 bridgehead atoms. The van der Waals surface area contributed by atoms with E-state index in [0.29, 0.717) is 10.0 Å². The zero-order valence-corrected chi connectivity index (χ0v) is 7.81. The molecule has 0 aliphatic rings. The fraction of sp³-hybridized carbons (Fsp3) is 0.286. The SMILES string of the molecule is Cc1c(Br)cncc1OC(F)F. The van der Waals surface area contributed by atoms with Gasteiger partial charge in [0.2, 0.25) is 0 Å². The van der Waals surface area contributed by atoms with E-state index in [1.165, 1.54) is 12.4 Å². The van der Waals surface area contributed by atoms with Crippen LogP contribution in [0.4, 0.5) is 8.78 Å². The molecule has 0 atom stereocenters. The van der Waals surface area contributed by atoms with Crippen LogP contribution in [0.15, 0.2) is 16.9 Å². The Bertz CT molecular complexity index is 280. The molecule has 0 amide bonds. The van der Waals surface area contributed by atoms with Crippen molar-refractivity contribution < 1.29 is 13.5 Å². The molecule has 0 aromatic carbocycles. The van der Waals surface area contributed by atoms with Gasteiger partial charge in [-0.1, -0.05) is 0 Å². The van der Waals surface area contributed by atoms with E-state index in [4.69, 9.17) is 0 Å². The number of nitrogens with zero attached hydrogens (tertiary/aromatic N) is 1. The Morgan fingerprint density at radius 3 is 2.75 bits per heavy atom. The number of aromatic nitrogens is 1. The van der Waals surface area contributed by atoms with Crippen molar-refractivity contribution in [3.63, 3.8) is 0 Å². The Labute approximate surface area is 76.7 Å². The van der Waals surface area contributed by atoms with E-state index >= 15 is 0 Å². The number of rotatable bonds is 2. The van der Waals surface area contributed by atoms with Crippen LogP contribution in [0.5, 0.6) is 5.75 Å². The third-order valence-electron chi connectivity index (χ3n) is 1.32. The van der Waals surface area contributed by atoms with Crippen molar-refractivity contribution in [2.75, 3.05) is 0 Å². The molecule has 0 aliphatic carbocycles. The highest BCUT2D eigenvalue weighted by atomic mass is 79.9. The summed E-state index contributed by atoms with van der Waals surface area (Å²) in [6.45, 7) is -1.14. The topological polar surface area (TPSA) is 22.1 Å². The largest absolute Gasteiger partial charge is 0.433 e. The van der Waals surface area contributed by atoms with Crippen molar-refractivity contribution >= 4 is 15.9 Å². The number of hydrogen-bond donors (Lipinski definition) is 0. The van der Waals surface area contributed by atoms with Crippen LogP contribution in [-0.4, -0.2) is 11.6 Å². The summed E-state index contributed by atoms with van der Waals surface area (Å²) in [5.74, 6) is 0.0966. The van der Waals surface area contributed by atoms with Gasteiger partial charge in [-0.3, -0.25) is 4.98 Å². The maximum Gasteiger partial charge on any atom is 0.387 e. The number of ether oxygens (including phenoxy) is 1. The Hall–Kier alpha value is -0.710. The van der Waals surface area contributed by atoms with E-state index in [0.717, 1.165) is 0 Å². The van der Waals surface area contributed by atoms with Crippen LogP contribution in [0, 0.1) is 6.92 Å².